The van der Waals surface area contributed by atoms with Gasteiger partial charge in [-0.2, -0.15) is 0 Å². The fourth-order valence-electron chi connectivity index (χ4n) is 2.58. The molecular formula is C15H19NO5. The Kier molecular flexibility index (Phi) is 4.80. The Balaban J connectivity index is 2.35. The van der Waals surface area contributed by atoms with Gasteiger partial charge in [0, 0.05) is 5.92 Å². The lowest BCUT2D eigenvalue weighted by Gasteiger charge is -2.17. The van der Waals surface area contributed by atoms with E-state index in [0.29, 0.717) is 30.9 Å². The average Bonchev–Trinajstić information content (AvgIpc) is 2.94. The van der Waals surface area contributed by atoms with E-state index >= 15 is 0 Å². The first kappa shape index (κ1) is 15.3. The molecule has 0 aromatic heterocycles. The molecule has 3 N–H and O–H groups in total. The summed E-state index contributed by atoms with van der Waals surface area (Å²) in [6, 6.07) is 4.07. The van der Waals surface area contributed by atoms with E-state index in [9.17, 15) is 19.8 Å². The number of aromatic carboxylic acids is 1. The van der Waals surface area contributed by atoms with Gasteiger partial charge in [0.05, 0.1) is 12.2 Å². The molecule has 0 aliphatic carbocycles. The molecule has 1 aliphatic heterocycles. The number of aliphatic carboxylic acids is 1. The smallest absolute Gasteiger partial charge is 0.335 e. The standard InChI is InChI=1S/C15H19NO5/c1-2-5-21-11-7-9(6-10(8-11)14(17)18)12-3-4-16-13(12)15(19)20/h6-8,12-13,16H,2-5H2,1H3,(H,17,18)(H,19,20). The monoisotopic (exact) mass is 293 g/mol. The number of carboxylic acid groups (broad SMARTS) is 2. The third kappa shape index (κ3) is 3.52. The van der Waals surface area contributed by atoms with Crippen molar-refractivity contribution < 1.29 is 24.5 Å². The van der Waals surface area contributed by atoms with Crippen LogP contribution in [0.25, 0.3) is 0 Å². The molecule has 0 bridgehead atoms. The molecule has 1 aromatic carbocycles. The summed E-state index contributed by atoms with van der Waals surface area (Å²) in [4.78, 5) is 22.5. The molecule has 6 nitrogen and oxygen atoms in total. The normalized spacial score (nSPS) is 21.2. The highest BCUT2D eigenvalue weighted by molar-refractivity contribution is 5.88. The van der Waals surface area contributed by atoms with Crippen LogP contribution in [-0.2, 0) is 4.79 Å². The molecule has 2 rings (SSSR count). The SMILES string of the molecule is CCCOc1cc(C(=O)O)cc(C2CCNC2C(=O)O)c1. The van der Waals surface area contributed by atoms with E-state index in [2.05, 4.69) is 5.32 Å². The van der Waals surface area contributed by atoms with Crippen molar-refractivity contribution in [1.82, 2.24) is 5.32 Å². The molecule has 1 aliphatic rings. The summed E-state index contributed by atoms with van der Waals surface area (Å²) in [6.45, 7) is 3.06. The van der Waals surface area contributed by atoms with Crippen LogP contribution in [0.3, 0.4) is 0 Å². The number of rotatable bonds is 6. The molecule has 6 heteroatoms. The highest BCUT2D eigenvalue weighted by atomic mass is 16.5. The van der Waals surface area contributed by atoms with Crippen LogP contribution in [0.5, 0.6) is 5.75 Å². The Hall–Kier alpha value is -2.08. The minimum atomic E-state index is -1.05. The predicted molar refractivity (Wildman–Crippen MR) is 76.0 cm³/mol. The van der Waals surface area contributed by atoms with Crippen molar-refractivity contribution in [2.45, 2.75) is 31.7 Å². The van der Waals surface area contributed by atoms with Crippen molar-refractivity contribution in [3.05, 3.63) is 29.3 Å². The molecule has 2 atom stereocenters. The van der Waals surface area contributed by atoms with Crippen LogP contribution in [0.4, 0.5) is 0 Å². The minimum absolute atomic E-state index is 0.120. The lowest BCUT2D eigenvalue weighted by molar-refractivity contribution is -0.139. The molecule has 1 fully saturated rings. The van der Waals surface area contributed by atoms with E-state index in [1.54, 1.807) is 6.07 Å². The topological polar surface area (TPSA) is 95.9 Å². The third-order valence-corrected chi connectivity index (χ3v) is 3.56. The van der Waals surface area contributed by atoms with Gasteiger partial charge in [0.2, 0.25) is 0 Å². The highest BCUT2D eigenvalue weighted by Gasteiger charge is 2.34. The number of nitrogens with one attached hydrogen (secondary N) is 1. The highest BCUT2D eigenvalue weighted by Crippen LogP contribution is 2.31. The maximum atomic E-state index is 11.3. The minimum Gasteiger partial charge on any atom is -0.494 e. The van der Waals surface area contributed by atoms with Gasteiger partial charge < -0.3 is 20.3 Å². The molecule has 1 heterocycles. The van der Waals surface area contributed by atoms with Crippen LogP contribution in [0, 0.1) is 0 Å². The van der Waals surface area contributed by atoms with Crippen molar-refractivity contribution in [3.8, 4) is 5.75 Å². The second-order valence-corrected chi connectivity index (χ2v) is 5.11. The second kappa shape index (κ2) is 6.58. The zero-order valence-electron chi connectivity index (χ0n) is 11.8. The first-order chi connectivity index (χ1) is 10.0. The van der Waals surface area contributed by atoms with Crippen molar-refractivity contribution in [3.63, 3.8) is 0 Å². The average molecular weight is 293 g/mol. The Labute approximate surface area is 122 Å². The molecule has 0 amide bonds. The predicted octanol–water partition coefficient (Wildman–Crippen LogP) is 1.70. The van der Waals surface area contributed by atoms with Gasteiger partial charge in [-0.3, -0.25) is 4.79 Å². The number of hydrogen-bond acceptors (Lipinski definition) is 4. The molecule has 0 saturated carbocycles. The zero-order chi connectivity index (χ0) is 15.4. The van der Waals surface area contributed by atoms with Gasteiger partial charge in [-0.05, 0) is 43.1 Å². The van der Waals surface area contributed by atoms with Gasteiger partial charge in [0.25, 0.3) is 0 Å². The Morgan fingerprint density at radius 3 is 2.71 bits per heavy atom. The molecule has 0 spiro atoms. The Morgan fingerprint density at radius 2 is 2.10 bits per heavy atom. The van der Waals surface area contributed by atoms with Crippen LogP contribution in [0.15, 0.2) is 18.2 Å². The van der Waals surface area contributed by atoms with Crippen molar-refractivity contribution in [1.29, 1.82) is 0 Å². The van der Waals surface area contributed by atoms with Crippen LogP contribution >= 0.6 is 0 Å². The Bertz CT molecular complexity index is 543. The molecule has 0 radical (unpaired) electrons. The summed E-state index contributed by atoms with van der Waals surface area (Å²) >= 11 is 0. The van der Waals surface area contributed by atoms with E-state index < -0.39 is 18.0 Å². The number of carboxylic acids is 2. The summed E-state index contributed by atoms with van der Waals surface area (Å²) in [5.41, 5.74) is 0.813. The van der Waals surface area contributed by atoms with Gasteiger partial charge in [-0.1, -0.05) is 6.92 Å². The second-order valence-electron chi connectivity index (χ2n) is 5.11. The van der Waals surface area contributed by atoms with E-state index in [4.69, 9.17) is 4.74 Å². The maximum absolute atomic E-state index is 11.3. The zero-order valence-corrected chi connectivity index (χ0v) is 11.8. The summed E-state index contributed by atoms with van der Waals surface area (Å²) in [7, 11) is 0. The number of carbonyl (C=O) groups is 2. The summed E-state index contributed by atoms with van der Waals surface area (Å²) in [5, 5.41) is 21.3. The Morgan fingerprint density at radius 1 is 1.33 bits per heavy atom. The van der Waals surface area contributed by atoms with E-state index in [0.717, 1.165) is 6.42 Å². The number of ether oxygens (including phenoxy) is 1. The van der Waals surface area contributed by atoms with E-state index in [-0.39, 0.29) is 11.5 Å². The van der Waals surface area contributed by atoms with Gasteiger partial charge in [-0.15, -0.1) is 0 Å². The van der Waals surface area contributed by atoms with Crippen LogP contribution in [0.2, 0.25) is 0 Å². The number of hydrogen-bond donors (Lipinski definition) is 3. The van der Waals surface area contributed by atoms with Crippen LogP contribution in [-0.4, -0.2) is 41.3 Å². The van der Waals surface area contributed by atoms with E-state index in [1.165, 1.54) is 12.1 Å². The summed E-state index contributed by atoms with van der Waals surface area (Å²) in [6.07, 6.45) is 1.47. The molecule has 1 saturated heterocycles. The molecule has 21 heavy (non-hydrogen) atoms. The van der Waals surface area contributed by atoms with Crippen molar-refractivity contribution in [2.24, 2.45) is 0 Å². The quantitative estimate of drug-likeness (QED) is 0.739. The maximum Gasteiger partial charge on any atom is 0.335 e. The lowest BCUT2D eigenvalue weighted by Crippen LogP contribution is -2.34. The van der Waals surface area contributed by atoms with Crippen molar-refractivity contribution in [2.75, 3.05) is 13.2 Å². The summed E-state index contributed by atoms with van der Waals surface area (Å²) < 4.78 is 5.51. The lowest BCUT2D eigenvalue weighted by atomic mass is 9.90. The fraction of sp³-hybridized carbons (Fsp3) is 0.467. The molecule has 114 valence electrons. The van der Waals surface area contributed by atoms with Gasteiger partial charge in [-0.25, -0.2) is 4.79 Å². The van der Waals surface area contributed by atoms with Gasteiger partial charge in [0.1, 0.15) is 11.8 Å². The number of benzene rings is 1. The van der Waals surface area contributed by atoms with Crippen LogP contribution in [0.1, 0.15) is 41.6 Å². The summed E-state index contributed by atoms with van der Waals surface area (Å²) in [5.74, 6) is -1.74. The molecule has 1 aromatic rings. The third-order valence-electron chi connectivity index (χ3n) is 3.56. The molecular weight excluding hydrogens is 274 g/mol. The van der Waals surface area contributed by atoms with Crippen molar-refractivity contribution >= 4 is 11.9 Å². The fourth-order valence-corrected chi connectivity index (χ4v) is 2.58. The van der Waals surface area contributed by atoms with E-state index in [1.807, 2.05) is 6.92 Å². The first-order valence-electron chi connectivity index (χ1n) is 7.00. The van der Waals surface area contributed by atoms with Crippen LogP contribution < -0.4 is 10.1 Å². The molecule has 2 unspecified atom stereocenters. The van der Waals surface area contributed by atoms with Gasteiger partial charge in [0.15, 0.2) is 0 Å². The van der Waals surface area contributed by atoms with Gasteiger partial charge >= 0.3 is 11.9 Å². The first-order valence-corrected chi connectivity index (χ1v) is 7.00. The largest absolute Gasteiger partial charge is 0.494 e.